The van der Waals surface area contributed by atoms with E-state index in [1.807, 2.05) is 13.8 Å². The van der Waals surface area contributed by atoms with Crippen molar-refractivity contribution in [1.82, 2.24) is 5.32 Å². The summed E-state index contributed by atoms with van der Waals surface area (Å²) >= 11 is 0. The van der Waals surface area contributed by atoms with Gasteiger partial charge in [-0.3, -0.25) is 4.79 Å². The highest BCUT2D eigenvalue weighted by Crippen LogP contribution is 2.14. The second-order valence-corrected chi connectivity index (χ2v) is 8.13. The van der Waals surface area contributed by atoms with Crippen molar-refractivity contribution in [2.75, 3.05) is 0 Å². The summed E-state index contributed by atoms with van der Waals surface area (Å²) in [6.07, 6.45) is 24.2. The molecule has 2 nitrogen and oxygen atoms in total. The molecule has 0 aliphatic heterocycles. The molecule has 1 amide bonds. The zero-order valence-electron chi connectivity index (χ0n) is 17.7. The van der Waals surface area contributed by atoms with Crippen molar-refractivity contribution in [3.63, 3.8) is 0 Å². The third-order valence-electron chi connectivity index (χ3n) is 4.96. The van der Waals surface area contributed by atoms with E-state index in [9.17, 15) is 4.79 Å². The first kappa shape index (κ1) is 24.5. The van der Waals surface area contributed by atoms with Crippen LogP contribution in [-0.4, -0.2) is 11.9 Å². The standard InChI is InChI=1S/C23H47NO/c1-4-5-6-7-8-9-10-11-12-13-14-15-16-17-18-19-20-21-23(25)24-22(2)3/h22H,4-21H2,1-3H3,(H,24,25). The van der Waals surface area contributed by atoms with Gasteiger partial charge in [0.1, 0.15) is 0 Å². The summed E-state index contributed by atoms with van der Waals surface area (Å²) in [5.41, 5.74) is 0. The van der Waals surface area contributed by atoms with Gasteiger partial charge in [-0.05, 0) is 20.3 Å². The Kier molecular flexibility index (Phi) is 19.4. The lowest BCUT2D eigenvalue weighted by Crippen LogP contribution is -2.29. The fraction of sp³-hybridized carbons (Fsp3) is 0.957. The van der Waals surface area contributed by atoms with Crippen LogP contribution in [0.1, 0.15) is 136 Å². The molecule has 2 heteroatoms. The SMILES string of the molecule is CCCCCCCCCCCCCCCCCCCC(=O)NC(C)C. The number of amides is 1. The van der Waals surface area contributed by atoms with Crippen molar-refractivity contribution in [3.8, 4) is 0 Å². The third-order valence-corrected chi connectivity index (χ3v) is 4.96. The van der Waals surface area contributed by atoms with Crippen molar-refractivity contribution in [2.45, 2.75) is 142 Å². The maximum Gasteiger partial charge on any atom is 0.220 e. The quantitative estimate of drug-likeness (QED) is 0.239. The molecule has 0 bridgehead atoms. The van der Waals surface area contributed by atoms with Crippen LogP contribution in [-0.2, 0) is 4.79 Å². The first-order valence-electron chi connectivity index (χ1n) is 11.5. The Hall–Kier alpha value is -0.530. The van der Waals surface area contributed by atoms with E-state index >= 15 is 0 Å². The van der Waals surface area contributed by atoms with Gasteiger partial charge in [0.2, 0.25) is 5.91 Å². The highest BCUT2D eigenvalue weighted by atomic mass is 16.1. The fourth-order valence-corrected chi connectivity index (χ4v) is 3.40. The van der Waals surface area contributed by atoms with Crippen LogP contribution in [0, 0.1) is 0 Å². The first-order chi connectivity index (χ1) is 12.2. The van der Waals surface area contributed by atoms with Gasteiger partial charge in [-0.1, -0.05) is 110 Å². The van der Waals surface area contributed by atoms with E-state index < -0.39 is 0 Å². The van der Waals surface area contributed by atoms with E-state index in [4.69, 9.17) is 0 Å². The summed E-state index contributed by atoms with van der Waals surface area (Å²) < 4.78 is 0. The number of hydrogen-bond acceptors (Lipinski definition) is 1. The molecule has 0 saturated carbocycles. The minimum absolute atomic E-state index is 0.218. The first-order valence-corrected chi connectivity index (χ1v) is 11.5. The van der Waals surface area contributed by atoms with Crippen LogP contribution < -0.4 is 5.32 Å². The van der Waals surface area contributed by atoms with Crippen molar-refractivity contribution < 1.29 is 4.79 Å². The number of unbranched alkanes of at least 4 members (excludes halogenated alkanes) is 16. The number of nitrogens with one attached hydrogen (secondary N) is 1. The van der Waals surface area contributed by atoms with Gasteiger partial charge in [0.25, 0.3) is 0 Å². The normalized spacial score (nSPS) is 11.2. The molecule has 0 aliphatic rings. The van der Waals surface area contributed by atoms with Crippen molar-refractivity contribution >= 4 is 5.91 Å². The molecule has 0 spiro atoms. The molecule has 0 fully saturated rings. The predicted molar refractivity (Wildman–Crippen MR) is 112 cm³/mol. The molecule has 0 aliphatic carbocycles. The minimum atomic E-state index is 0.218. The third kappa shape index (κ3) is 21.4. The van der Waals surface area contributed by atoms with E-state index in [0.717, 1.165) is 6.42 Å². The average Bonchev–Trinajstić information content (AvgIpc) is 2.57. The number of hydrogen-bond donors (Lipinski definition) is 1. The summed E-state index contributed by atoms with van der Waals surface area (Å²) in [6, 6.07) is 0.276. The fourth-order valence-electron chi connectivity index (χ4n) is 3.40. The van der Waals surface area contributed by atoms with Crippen LogP contribution in [0.4, 0.5) is 0 Å². The van der Waals surface area contributed by atoms with Crippen molar-refractivity contribution in [2.24, 2.45) is 0 Å². The van der Waals surface area contributed by atoms with E-state index in [1.54, 1.807) is 0 Å². The van der Waals surface area contributed by atoms with E-state index in [0.29, 0.717) is 6.42 Å². The Morgan fingerprint density at radius 2 is 0.920 bits per heavy atom. The average molecular weight is 354 g/mol. The lowest BCUT2D eigenvalue weighted by molar-refractivity contribution is -0.121. The molecule has 0 rings (SSSR count). The maximum absolute atomic E-state index is 11.5. The molecule has 0 saturated heterocycles. The second-order valence-electron chi connectivity index (χ2n) is 8.13. The lowest BCUT2D eigenvalue weighted by atomic mass is 10.0. The van der Waals surface area contributed by atoms with Gasteiger partial charge >= 0.3 is 0 Å². The Labute approximate surface area is 158 Å². The zero-order valence-corrected chi connectivity index (χ0v) is 17.7. The van der Waals surface area contributed by atoms with Gasteiger partial charge in [0.15, 0.2) is 0 Å². The van der Waals surface area contributed by atoms with Crippen LogP contribution in [0.15, 0.2) is 0 Å². The molecular formula is C23H47NO. The molecule has 25 heavy (non-hydrogen) atoms. The Morgan fingerprint density at radius 3 is 1.24 bits per heavy atom. The van der Waals surface area contributed by atoms with E-state index in [-0.39, 0.29) is 11.9 Å². The molecule has 0 atom stereocenters. The Morgan fingerprint density at radius 1 is 0.600 bits per heavy atom. The van der Waals surface area contributed by atoms with Gasteiger partial charge < -0.3 is 5.32 Å². The van der Waals surface area contributed by atoms with E-state index in [2.05, 4.69) is 12.2 Å². The molecule has 0 aromatic rings. The molecule has 0 radical (unpaired) electrons. The van der Waals surface area contributed by atoms with Crippen LogP contribution in [0.5, 0.6) is 0 Å². The monoisotopic (exact) mass is 353 g/mol. The summed E-state index contributed by atoms with van der Waals surface area (Å²) in [4.78, 5) is 11.5. The number of carbonyl (C=O) groups excluding carboxylic acids is 1. The molecule has 150 valence electrons. The zero-order chi connectivity index (χ0) is 18.6. The van der Waals surface area contributed by atoms with Gasteiger partial charge in [0.05, 0.1) is 0 Å². The summed E-state index contributed by atoms with van der Waals surface area (Å²) in [7, 11) is 0. The smallest absolute Gasteiger partial charge is 0.220 e. The predicted octanol–water partition coefficient (Wildman–Crippen LogP) is 7.55. The molecule has 0 unspecified atom stereocenters. The van der Waals surface area contributed by atoms with Gasteiger partial charge in [-0.15, -0.1) is 0 Å². The van der Waals surface area contributed by atoms with Crippen LogP contribution >= 0.6 is 0 Å². The van der Waals surface area contributed by atoms with Crippen LogP contribution in [0.3, 0.4) is 0 Å². The minimum Gasteiger partial charge on any atom is -0.354 e. The molecular weight excluding hydrogens is 306 g/mol. The largest absolute Gasteiger partial charge is 0.354 e. The van der Waals surface area contributed by atoms with Gasteiger partial charge in [0, 0.05) is 12.5 Å². The topological polar surface area (TPSA) is 29.1 Å². The summed E-state index contributed by atoms with van der Waals surface area (Å²) in [5.74, 6) is 0.218. The number of carbonyl (C=O) groups is 1. The van der Waals surface area contributed by atoms with Crippen molar-refractivity contribution in [1.29, 1.82) is 0 Å². The van der Waals surface area contributed by atoms with Gasteiger partial charge in [-0.2, -0.15) is 0 Å². The molecule has 1 N–H and O–H groups in total. The molecule has 0 aromatic carbocycles. The maximum atomic E-state index is 11.5. The van der Waals surface area contributed by atoms with Crippen LogP contribution in [0.25, 0.3) is 0 Å². The second kappa shape index (κ2) is 19.8. The summed E-state index contributed by atoms with van der Waals surface area (Å²) in [6.45, 7) is 6.33. The highest BCUT2D eigenvalue weighted by molar-refractivity contribution is 5.76. The lowest BCUT2D eigenvalue weighted by Gasteiger charge is -2.07. The Balaban J connectivity index is 3.06. The number of rotatable bonds is 19. The summed E-state index contributed by atoms with van der Waals surface area (Å²) in [5, 5.41) is 2.96. The van der Waals surface area contributed by atoms with E-state index in [1.165, 1.54) is 103 Å². The van der Waals surface area contributed by atoms with Crippen molar-refractivity contribution in [3.05, 3.63) is 0 Å². The highest BCUT2D eigenvalue weighted by Gasteiger charge is 2.02. The molecule has 0 aromatic heterocycles. The van der Waals surface area contributed by atoms with Crippen LogP contribution in [0.2, 0.25) is 0 Å². The molecule has 0 heterocycles. The van der Waals surface area contributed by atoms with Gasteiger partial charge in [-0.25, -0.2) is 0 Å². The Bertz CT molecular complexity index is 275.